The first-order valence-electron chi connectivity index (χ1n) is 6.34. The standard InChI is InChI=1S/C13H18N4O2/c1-3-16(7-10(2)12(18)19)8-11-9-17-6-4-5-14-13(17)15-11/h4-6,9-10H,3,7-8H2,1-2H3,(H,18,19). The molecule has 2 aromatic rings. The molecule has 0 aliphatic rings. The molecule has 0 aliphatic heterocycles. The van der Waals surface area contributed by atoms with Crippen molar-refractivity contribution in [1.82, 2.24) is 19.3 Å². The largest absolute Gasteiger partial charge is 0.481 e. The number of rotatable bonds is 6. The molecule has 0 saturated carbocycles. The number of carbonyl (C=O) groups is 1. The predicted molar refractivity (Wildman–Crippen MR) is 70.7 cm³/mol. The summed E-state index contributed by atoms with van der Waals surface area (Å²) in [7, 11) is 0. The Morgan fingerprint density at radius 3 is 3.00 bits per heavy atom. The fourth-order valence-electron chi connectivity index (χ4n) is 1.96. The van der Waals surface area contributed by atoms with Crippen molar-refractivity contribution in [2.75, 3.05) is 13.1 Å². The highest BCUT2D eigenvalue weighted by atomic mass is 16.4. The fourth-order valence-corrected chi connectivity index (χ4v) is 1.96. The number of carboxylic acid groups (broad SMARTS) is 1. The Balaban J connectivity index is 2.07. The summed E-state index contributed by atoms with van der Waals surface area (Å²) in [6, 6.07) is 1.85. The van der Waals surface area contributed by atoms with Crippen LogP contribution in [-0.4, -0.2) is 43.4 Å². The van der Waals surface area contributed by atoms with Crippen LogP contribution in [0.25, 0.3) is 5.78 Å². The molecule has 6 nitrogen and oxygen atoms in total. The molecule has 0 spiro atoms. The SMILES string of the molecule is CCN(Cc1cn2cccnc2n1)CC(C)C(=O)O. The molecule has 0 aliphatic carbocycles. The number of aromatic nitrogens is 3. The molecule has 1 N–H and O–H groups in total. The monoisotopic (exact) mass is 262 g/mol. The zero-order valence-corrected chi connectivity index (χ0v) is 11.2. The minimum Gasteiger partial charge on any atom is -0.481 e. The van der Waals surface area contributed by atoms with E-state index in [9.17, 15) is 4.79 Å². The molecule has 2 aromatic heterocycles. The van der Waals surface area contributed by atoms with Crippen molar-refractivity contribution in [3.63, 3.8) is 0 Å². The molecule has 6 heteroatoms. The van der Waals surface area contributed by atoms with E-state index in [2.05, 4.69) is 14.9 Å². The van der Waals surface area contributed by atoms with Crippen LogP contribution in [0.5, 0.6) is 0 Å². The van der Waals surface area contributed by atoms with Gasteiger partial charge in [-0.1, -0.05) is 13.8 Å². The lowest BCUT2D eigenvalue weighted by molar-refractivity contribution is -0.141. The van der Waals surface area contributed by atoms with E-state index in [1.807, 2.05) is 29.8 Å². The predicted octanol–water partition coefficient (Wildman–Crippen LogP) is 1.27. The molecule has 102 valence electrons. The van der Waals surface area contributed by atoms with E-state index in [1.165, 1.54) is 0 Å². The number of nitrogens with zero attached hydrogens (tertiary/aromatic N) is 4. The highest BCUT2D eigenvalue weighted by Crippen LogP contribution is 2.08. The Hall–Kier alpha value is -1.95. The van der Waals surface area contributed by atoms with Crippen LogP contribution in [0.4, 0.5) is 0 Å². The van der Waals surface area contributed by atoms with Gasteiger partial charge in [0.25, 0.3) is 0 Å². The highest BCUT2D eigenvalue weighted by molar-refractivity contribution is 5.69. The third-order valence-corrected chi connectivity index (χ3v) is 3.07. The number of imidazole rings is 1. The van der Waals surface area contributed by atoms with Crippen molar-refractivity contribution in [2.24, 2.45) is 5.92 Å². The van der Waals surface area contributed by atoms with Gasteiger partial charge < -0.3 is 5.11 Å². The highest BCUT2D eigenvalue weighted by Gasteiger charge is 2.16. The van der Waals surface area contributed by atoms with Crippen LogP contribution in [-0.2, 0) is 11.3 Å². The normalized spacial score (nSPS) is 13.0. The summed E-state index contributed by atoms with van der Waals surface area (Å²) < 4.78 is 1.86. The molecule has 2 heterocycles. The fraction of sp³-hybridized carbons (Fsp3) is 0.462. The minimum atomic E-state index is -0.768. The number of hydrogen-bond acceptors (Lipinski definition) is 4. The Bertz CT molecular complexity index is 534. The lowest BCUT2D eigenvalue weighted by Crippen LogP contribution is -2.31. The molecule has 0 bridgehead atoms. The van der Waals surface area contributed by atoms with Crippen molar-refractivity contribution in [3.8, 4) is 0 Å². The first-order chi connectivity index (χ1) is 9.10. The van der Waals surface area contributed by atoms with E-state index in [0.29, 0.717) is 18.9 Å². The van der Waals surface area contributed by atoms with Crippen LogP contribution in [0.3, 0.4) is 0 Å². The zero-order valence-electron chi connectivity index (χ0n) is 11.2. The van der Waals surface area contributed by atoms with Crippen LogP contribution >= 0.6 is 0 Å². The molecule has 2 rings (SSSR count). The van der Waals surface area contributed by atoms with Gasteiger partial charge >= 0.3 is 5.97 Å². The van der Waals surface area contributed by atoms with Gasteiger partial charge in [0.05, 0.1) is 11.6 Å². The second-order valence-corrected chi connectivity index (χ2v) is 4.63. The smallest absolute Gasteiger partial charge is 0.307 e. The third kappa shape index (κ3) is 3.29. The molecule has 0 aromatic carbocycles. The molecule has 1 atom stereocenters. The quantitative estimate of drug-likeness (QED) is 0.849. The molecule has 0 amide bonds. The van der Waals surface area contributed by atoms with Gasteiger partial charge in [-0.15, -0.1) is 0 Å². The van der Waals surface area contributed by atoms with E-state index < -0.39 is 5.97 Å². The van der Waals surface area contributed by atoms with E-state index in [4.69, 9.17) is 5.11 Å². The Kier molecular flexibility index (Phi) is 4.11. The molecule has 1 unspecified atom stereocenters. The summed E-state index contributed by atoms with van der Waals surface area (Å²) in [6.07, 6.45) is 5.53. The summed E-state index contributed by atoms with van der Waals surface area (Å²) in [5, 5.41) is 8.95. The lowest BCUT2D eigenvalue weighted by atomic mass is 10.1. The third-order valence-electron chi connectivity index (χ3n) is 3.07. The second kappa shape index (κ2) is 5.79. The van der Waals surface area contributed by atoms with Gasteiger partial charge in [-0.05, 0) is 12.6 Å². The van der Waals surface area contributed by atoms with Crippen molar-refractivity contribution in [1.29, 1.82) is 0 Å². The first-order valence-corrected chi connectivity index (χ1v) is 6.34. The van der Waals surface area contributed by atoms with Crippen LogP contribution in [0.2, 0.25) is 0 Å². The summed E-state index contributed by atoms with van der Waals surface area (Å²) in [4.78, 5) is 21.5. The molecule has 0 radical (unpaired) electrons. The number of aliphatic carboxylic acids is 1. The Morgan fingerprint density at radius 1 is 1.58 bits per heavy atom. The summed E-state index contributed by atoms with van der Waals surface area (Å²) in [5.74, 6) is -0.481. The molecular formula is C13H18N4O2. The first kappa shape index (κ1) is 13.5. The molecular weight excluding hydrogens is 244 g/mol. The summed E-state index contributed by atoms with van der Waals surface area (Å²) in [5.41, 5.74) is 0.901. The average molecular weight is 262 g/mol. The van der Waals surface area contributed by atoms with Crippen LogP contribution in [0.15, 0.2) is 24.7 Å². The van der Waals surface area contributed by atoms with E-state index in [1.54, 1.807) is 13.1 Å². The van der Waals surface area contributed by atoms with Gasteiger partial charge in [-0.3, -0.25) is 14.1 Å². The molecule has 0 saturated heterocycles. The van der Waals surface area contributed by atoms with Gasteiger partial charge in [0.1, 0.15) is 0 Å². The van der Waals surface area contributed by atoms with E-state index in [-0.39, 0.29) is 5.92 Å². The van der Waals surface area contributed by atoms with E-state index in [0.717, 1.165) is 12.2 Å². The van der Waals surface area contributed by atoms with Crippen molar-refractivity contribution in [2.45, 2.75) is 20.4 Å². The summed E-state index contributed by atoms with van der Waals surface area (Å²) in [6.45, 7) is 5.68. The topological polar surface area (TPSA) is 70.7 Å². The minimum absolute atomic E-state index is 0.380. The zero-order chi connectivity index (χ0) is 13.8. The second-order valence-electron chi connectivity index (χ2n) is 4.63. The van der Waals surface area contributed by atoms with Gasteiger partial charge in [-0.2, -0.15) is 0 Å². The van der Waals surface area contributed by atoms with E-state index >= 15 is 0 Å². The Labute approximate surface area is 111 Å². The van der Waals surface area contributed by atoms with Crippen LogP contribution < -0.4 is 0 Å². The maximum Gasteiger partial charge on any atom is 0.307 e. The number of carboxylic acids is 1. The lowest BCUT2D eigenvalue weighted by Gasteiger charge is -2.21. The molecule has 0 fully saturated rings. The summed E-state index contributed by atoms with van der Waals surface area (Å²) >= 11 is 0. The van der Waals surface area contributed by atoms with Crippen molar-refractivity contribution in [3.05, 3.63) is 30.4 Å². The number of fused-ring (bicyclic) bond motifs is 1. The van der Waals surface area contributed by atoms with Crippen molar-refractivity contribution < 1.29 is 9.90 Å². The van der Waals surface area contributed by atoms with Gasteiger partial charge in [0, 0.05) is 31.7 Å². The van der Waals surface area contributed by atoms with Crippen LogP contribution in [0.1, 0.15) is 19.5 Å². The van der Waals surface area contributed by atoms with Crippen LogP contribution in [0, 0.1) is 5.92 Å². The molecule has 19 heavy (non-hydrogen) atoms. The van der Waals surface area contributed by atoms with Gasteiger partial charge in [-0.25, -0.2) is 9.97 Å². The maximum atomic E-state index is 10.9. The average Bonchev–Trinajstić information content (AvgIpc) is 2.79. The van der Waals surface area contributed by atoms with Crippen molar-refractivity contribution >= 4 is 11.7 Å². The Morgan fingerprint density at radius 2 is 2.37 bits per heavy atom. The maximum absolute atomic E-state index is 10.9. The van der Waals surface area contributed by atoms with Gasteiger partial charge in [0.15, 0.2) is 0 Å². The van der Waals surface area contributed by atoms with Gasteiger partial charge in [0.2, 0.25) is 5.78 Å². The number of hydrogen-bond donors (Lipinski definition) is 1.